The van der Waals surface area contributed by atoms with E-state index in [0.717, 1.165) is 12.1 Å². The lowest BCUT2D eigenvalue weighted by atomic mass is 10.1. The van der Waals surface area contributed by atoms with Gasteiger partial charge in [0, 0.05) is 23.3 Å². The quantitative estimate of drug-likeness (QED) is 0.551. The molecule has 0 saturated carbocycles. The van der Waals surface area contributed by atoms with Crippen LogP contribution >= 0.6 is 0 Å². The number of nitrogens with one attached hydrogen (secondary N) is 2. The first kappa shape index (κ1) is 18.7. The van der Waals surface area contributed by atoms with Crippen LogP contribution < -0.4 is 5.56 Å². The average Bonchev–Trinajstić information content (AvgIpc) is 3.11. The third-order valence-electron chi connectivity index (χ3n) is 4.97. The van der Waals surface area contributed by atoms with Crippen LogP contribution in [0.4, 0.5) is 13.2 Å². The summed E-state index contributed by atoms with van der Waals surface area (Å²) in [6.07, 6.45) is 0. The van der Waals surface area contributed by atoms with E-state index in [-0.39, 0.29) is 22.2 Å². The summed E-state index contributed by atoms with van der Waals surface area (Å²) in [4.78, 5) is 29.1. The Morgan fingerprint density at radius 1 is 1.07 bits per heavy atom. The Morgan fingerprint density at radius 3 is 2.48 bits per heavy atom. The predicted octanol–water partition coefficient (Wildman–Crippen LogP) is 3.65. The standard InChI is InChI=1S/C20H15F3N4O2/c1-9(18-12-7-14(22)15(23)8-13(12)19(28)26-25-18)27(2)20(29)17-5-10-3-4-11(21)6-16(10)24-17/h3-9,24H,1-2H3,(H,26,28)/t9-/m0/s1. The number of aromatic amines is 2. The second-order valence-electron chi connectivity index (χ2n) is 6.76. The number of fused-ring (bicyclic) bond motifs is 2. The van der Waals surface area contributed by atoms with Crippen molar-refractivity contribution in [1.82, 2.24) is 20.1 Å². The number of rotatable bonds is 3. The highest BCUT2D eigenvalue weighted by molar-refractivity contribution is 5.98. The molecule has 29 heavy (non-hydrogen) atoms. The van der Waals surface area contributed by atoms with Crippen molar-refractivity contribution < 1.29 is 18.0 Å². The molecule has 0 spiro atoms. The van der Waals surface area contributed by atoms with Gasteiger partial charge in [0.25, 0.3) is 11.5 Å². The van der Waals surface area contributed by atoms with E-state index < -0.39 is 35.0 Å². The van der Waals surface area contributed by atoms with Crippen LogP contribution in [0.3, 0.4) is 0 Å². The highest BCUT2D eigenvalue weighted by atomic mass is 19.2. The van der Waals surface area contributed by atoms with E-state index in [1.807, 2.05) is 0 Å². The molecule has 2 heterocycles. The van der Waals surface area contributed by atoms with E-state index in [9.17, 15) is 22.8 Å². The zero-order valence-electron chi connectivity index (χ0n) is 15.4. The first-order valence-corrected chi connectivity index (χ1v) is 8.69. The van der Waals surface area contributed by atoms with Crippen molar-refractivity contribution in [1.29, 1.82) is 0 Å². The lowest BCUT2D eigenvalue weighted by Crippen LogP contribution is -2.31. The van der Waals surface area contributed by atoms with Crippen molar-refractivity contribution in [3.63, 3.8) is 0 Å². The second-order valence-corrected chi connectivity index (χ2v) is 6.76. The number of carbonyl (C=O) groups is 1. The molecule has 1 atom stereocenters. The largest absolute Gasteiger partial charge is 0.350 e. The van der Waals surface area contributed by atoms with Crippen molar-refractivity contribution in [2.75, 3.05) is 7.05 Å². The lowest BCUT2D eigenvalue weighted by molar-refractivity contribution is 0.0735. The average molecular weight is 400 g/mol. The summed E-state index contributed by atoms with van der Waals surface area (Å²) in [5.41, 5.74) is 0.239. The number of halogens is 3. The number of H-pyrrole nitrogens is 2. The molecule has 0 aliphatic rings. The van der Waals surface area contributed by atoms with Gasteiger partial charge in [-0.15, -0.1) is 0 Å². The topological polar surface area (TPSA) is 81.8 Å². The van der Waals surface area contributed by atoms with Crippen LogP contribution in [0.2, 0.25) is 0 Å². The summed E-state index contributed by atoms with van der Waals surface area (Å²) < 4.78 is 40.7. The van der Waals surface area contributed by atoms with E-state index in [4.69, 9.17) is 0 Å². The molecule has 2 aromatic heterocycles. The Morgan fingerprint density at radius 2 is 1.76 bits per heavy atom. The van der Waals surface area contributed by atoms with Gasteiger partial charge < -0.3 is 9.88 Å². The Bertz CT molecular complexity index is 1330. The third-order valence-corrected chi connectivity index (χ3v) is 4.97. The second kappa shape index (κ2) is 6.77. The van der Waals surface area contributed by atoms with Crippen LogP contribution in [0.15, 0.2) is 41.2 Å². The van der Waals surface area contributed by atoms with Crippen LogP contribution in [0, 0.1) is 17.5 Å². The summed E-state index contributed by atoms with van der Waals surface area (Å²) in [6.45, 7) is 1.64. The number of benzene rings is 2. The zero-order chi connectivity index (χ0) is 20.9. The fourth-order valence-electron chi connectivity index (χ4n) is 3.26. The van der Waals surface area contributed by atoms with E-state index in [1.54, 1.807) is 19.1 Å². The van der Waals surface area contributed by atoms with Gasteiger partial charge in [0.1, 0.15) is 11.5 Å². The lowest BCUT2D eigenvalue weighted by Gasteiger charge is -2.24. The molecule has 0 aliphatic heterocycles. The number of hydrogen-bond donors (Lipinski definition) is 2. The van der Waals surface area contributed by atoms with Gasteiger partial charge in [-0.05, 0) is 43.3 Å². The minimum absolute atomic E-state index is 0.0670. The minimum Gasteiger partial charge on any atom is -0.350 e. The predicted molar refractivity (Wildman–Crippen MR) is 101 cm³/mol. The summed E-state index contributed by atoms with van der Waals surface area (Å²) in [7, 11) is 1.51. The van der Waals surface area contributed by atoms with Gasteiger partial charge >= 0.3 is 0 Å². The molecule has 2 aromatic carbocycles. The maximum absolute atomic E-state index is 13.8. The van der Waals surface area contributed by atoms with Crippen LogP contribution in [-0.2, 0) is 0 Å². The normalized spacial score (nSPS) is 12.4. The molecule has 0 unspecified atom stereocenters. The maximum Gasteiger partial charge on any atom is 0.272 e. The zero-order valence-corrected chi connectivity index (χ0v) is 15.4. The number of nitrogens with zero attached hydrogens (tertiary/aromatic N) is 2. The molecule has 0 radical (unpaired) electrons. The van der Waals surface area contributed by atoms with Crippen molar-refractivity contribution in [3.05, 3.63) is 75.6 Å². The number of hydrogen-bond acceptors (Lipinski definition) is 3. The first-order chi connectivity index (χ1) is 13.8. The fourth-order valence-corrected chi connectivity index (χ4v) is 3.26. The molecular weight excluding hydrogens is 385 g/mol. The van der Waals surface area contributed by atoms with Gasteiger partial charge in [0.15, 0.2) is 11.6 Å². The fraction of sp³-hybridized carbons (Fsp3) is 0.150. The van der Waals surface area contributed by atoms with Gasteiger partial charge in [-0.2, -0.15) is 5.10 Å². The summed E-state index contributed by atoms with van der Waals surface area (Å²) in [5.74, 6) is -3.12. The summed E-state index contributed by atoms with van der Waals surface area (Å²) in [5, 5.41) is 6.91. The molecule has 4 aromatic rings. The summed E-state index contributed by atoms with van der Waals surface area (Å²) >= 11 is 0. The highest BCUT2D eigenvalue weighted by Gasteiger charge is 2.24. The van der Waals surface area contributed by atoms with E-state index in [1.165, 1.54) is 24.1 Å². The monoisotopic (exact) mass is 400 g/mol. The van der Waals surface area contributed by atoms with Crippen molar-refractivity contribution in [3.8, 4) is 0 Å². The Labute approximate surface area is 162 Å². The third kappa shape index (κ3) is 3.14. The molecule has 0 aliphatic carbocycles. The SMILES string of the molecule is C[C@@H](c1n[nH]c(=O)c2cc(F)c(F)cc12)N(C)C(=O)c1cc2ccc(F)cc2[nH]1. The van der Waals surface area contributed by atoms with Crippen molar-refractivity contribution >= 4 is 27.6 Å². The molecular formula is C20H15F3N4O2. The minimum atomic E-state index is -1.15. The molecule has 4 rings (SSSR count). The Kier molecular flexibility index (Phi) is 4.37. The van der Waals surface area contributed by atoms with Gasteiger partial charge in [-0.25, -0.2) is 18.3 Å². The molecule has 0 fully saturated rings. The summed E-state index contributed by atoms with van der Waals surface area (Å²) in [6, 6.07) is 6.72. The molecule has 6 nitrogen and oxygen atoms in total. The number of amides is 1. The van der Waals surface area contributed by atoms with Gasteiger partial charge in [-0.3, -0.25) is 9.59 Å². The van der Waals surface area contributed by atoms with Gasteiger partial charge in [-0.1, -0.05) is 0 Å². The smallest absolute Gasteiger partial charge is 0.272 e. The first-order valence-electron chi connectivity index (χ1n) is 8.69. The van der Waals surface area contributed by atoms with E-state index >= 15 is 0 Å². The molecule has 1 amide bonds. The van der Waals surface area contributed by atoms with E-state index in [0.29, 0.717) is 10.9 Å². The molecule has 0 bridgehead atoms. The molecule has 9 heteroatoms. The Balaban J connectivity index is 1.74. The van der Waals surface area contributed by atoms with Gasteiger partial charge in [0.05, 0.1) is 17.1 Å². The van der Waals surface area contributed by atoms with E-state index in [2.05, 4.69) is 15.2 Å². The molecule has 2 N–H and O–H groups in total. The van der Waals surface area contributed by atoms with Gasteiger partial charge in [0.2, 0.25) is 0 Å². The van der Waals surface area contributed by atoms with Crippen molar-refractivity contribution in [2.24, 2.45) is 0 Å². The number of aromatic nitrogens is 3. The molecule has 0 saturated heterocycles. The Hall–Kier alpha value is -3.62. The maximum atomic E-state index is 13.8. The van der Waals surface area contributed by atoms with Crippen LogP contribution in [0.5, 0.6) is 0 Å². The van der Waals surface area contributed by atoms with Crippen LogP contribution in [0.1, 0.15) is 29.1 Å². The van der Waals surface area contributed by atoms with Crippen molar-refractivity contribution in [2.45, 2.75) is 13.0 Å². The van der Waals surface area contributed by atoms with Crippen LogP contribution in [0.25, 0.3) is 21.7 Å². The highest BCUT2D eigenvalue weighted by Crippen LogP contribution is 2.27. The number of carbonyl (C=O) groups excluding carboxylic acids is 1. The van der Waals surface area contributed by atoms with Crippen LogP contribution in [-0.4, -0.2) is 33.0 Å². The molecule has 148 valence electrons.